The lowest BCUT2D eigenvalue weighted by molar-refractivity contribution is -0.385. The van der Waals surface area contributed by atoms with Crippen LogP contribution in [0, 0.1) is 21.7 Å². The Morgan fingerprint density at radius 3 is 2.48 bits per heavy atom. The van der Waals surface area contributed by atoms with Gasteiger partial charge in [0, 0.05) is 6.07 Å². The molecule has 0 unspecified atom stereocenters. The van der Waals surface area contributed by atoms with Crippen molar-refractivity contribution in [2.75, 3.05) is 5.32 Å². The number of carboxylic acid groups (broad SMARTS) is 1. The van der Waals surface area contributed by atoms with E-state index in [0.29, 0.717) is 0 Å². The Hall–Kier alpha value is -3.10. The van der Waals surface area contributed by atoms with E-state index in [1.165, 1.54) is 0 Å². The number of carbonyl (C=O) groups is 1. The lowest BCUT2D eigenvalue weighted by atomic mass is 10.2. The van der Waals surface area contributed by atoms with E-state index in [0.717, 1.165) is 30.5 Å². The predicted molar refractivity (Wildman–Crippen MR) is 67.5 cm³/mol. The quantitative estimate of drug-likeness (QED) is 0.663. The Kier molecular flexibility index (Phi) is 3.74. The second-order valence-corrected chi connectivity index (χ2v) is 3.87. The number of nitrogens with zero attached hydrogens (tertiary/aromatic N) is 2. The maximum atomic E-state index is 13.5. The number of aromatic nitrogens is 1. The van der Waals surface area contributed by atoms with E-state index in [2.05, 4.69) is 10.3 Å². The van der Waals surface area contributed by atoms with E-state index >= 15 is 0 Å². The Balaban J connectivity index is 2.49. The van der Waals surface area contributed by atoms with Crippen molar-refractivity contribution in [3.8, 4) is 0 Å². The van der Waals surface area contributed by atoms with E-state index in [1.807, 2.05) is 0 Å². The van der Waals surface area contributed by atoms with Crippen LogP contribution in [-0.4, -0.2) is 21.0 Å². The highest BCUT2D eigenvalue weighted by molar-refractivity contribution is 5.94. The molecular weight excluding hydrogens is 288 g/mol. The summed E-state index contributed by atoms with van der Waals surface area (Å²) in [5, 5.41) is 21.8. The third kappa shape index (κ3) is 2.91. The second-order valence-electron chi connectivity index (χ2n) is 3.87. The third-order valence-corrected chi connectivity index (χ3v) is 2.52. The maximum Gasteiger partial charge on any atom is 0.339 e. The topological polar surface area (TPSA) is 105 Å². The molecule has 7 nitrogen and oxygen atoms in total. The van der Waals surface area contributed by atoms with Crippen LogP contribution in [0.1, 0.15) is 10.4 Å². The molecule has 2 aromatic rings. The summed E-state index contributed by atoms with van der Waals surface area (Å²) in [5.41, 5.74) is -1.72. The molecule has 1 aromatic heterocycles. The van der Waals surface area contributed by atoms with Gasteiger partial charge in [-0.3, -0.25) is 10.1 Å². The van der Waals surface area contributed by atoms with Gasteiger partial charge in [-0.2, -0.15) is 0 Å². The zero-order valence-corrected chi connectivity index (χ0v) is 10.2. The van der Waals surface area contributed by atoms with Gasteiger partial charge < -0.3 is 10.4 Å². The van der Waals surface area contributed by atoms with Crippen molar-refractivity contribution in [2.45, 2.75) is 0 Å². The van der Waals surface area contributed by atoms with Crippen molar-refractivity contribution in [1.82, 2.24) is 4.98 Å². The standard InChI is InChI=1S/C12H7F2N3O4/c13-8-2-1-3-9(14)10(8)16-11-7(12(18)19)4-6(5-15-11)17(20)21/h1-5H,(H,15,16)(H,18,19). The second kappa shape index (κ2) is 5.49. The fraction of sp³-hybridized carbons (Fsp3) is 0. The number of hydrogen-bond donors (Lipinski definition) is 2. The smallest absolute Gasteiger partial charge is 0.339 e. The Morgan fingerprint density at radius 2 is 1.95 bits per heavy atom. The average Bonchev–Trinajstić information content (AvgIpc) is 2.42. The third-order valence-electron chi connectivity index (χ3n) is 2.52. The van der Waals surface area contributed by atoms with Crippen molar-refractivity contribution in [1.29, 1.82) is 0 Å². The summed E-state index contributed by atoms with van der Waals surface area (Å²) in [7, 11) is 0. The molecule has 0 saturated carbocycles. The molecule has 21 heavy (non-hydrogen) atoms. The summed E-state index contributed by atoms with van der Waals surface area (Å²) in [4.78, 5) is 24.4. The molecule has 1 aromatic carbocycles. The SMILES string of the molecule is O=C(O)c1cc([N+](=O)[O-])cnc1Nc1c(F)cccc1F. The molecule has 0 aliphatic rings. The summed E-state index contributed by atoms with van der Waals surface area (Å²) >= 11 is 0. The highest BCUT2D eigenvalue weighted by Gasteiger charge is 2.19. The molecule has 9 heteroatoms. The Labute approximate surface area is 116 Å². The molecule has 0 saturated heterocycles. The number of pyridine rings is 1. The first-order valence-corrected chi connectivity index (χ1v) is 5.49. The molecule has 0 radical (unpaired) electrons. The number of aromatic carboxylic acids is 1. The summed E-state index contributed by atoms with van der Waals surface area (Å²) in [6, 6.07) is 3.82. The first-order chi connectivity index (χ1) is 9.90. The highest BCUT2D eigenvalue weighted by atomic mass is 19.1. The van der Waals surface area contributed by atoms with Crippen molar-refractivity contribution in [3.63, 3.8) is 0 Å². The highest BCUT2D eigenvalue weighted by Crippen LogP contribution is 2.26. The van der Waals surface area contributed by atoms with Gasteiger partial charge in [-0.1, -0.05) is 6.07 Å². The number of hydrogen-bond acceptors (Lipinski definition) is 5. The summed E-state index contributed by atoms with van der Waals surface area (Å²) in [5.74, 6) is -3.83. The molecule has 2 rings (SSSR count). The Bertz CT molecular complexity index is 716. The van der Waals surface area contributed by atoms with Crippen LogP contribution in [0.15, 0.2) is 30.5 Å². The summed E-state index contributed by atoms with van der Waals surface area (Å²) in [6.07, 6.45) is 0.785. The molecule has 0 aliphatic heterocycles. The van der Waals surface area contributed by atoms with Crippen LogP contribution in [0.4, 0.5) is 26.0 Å². The van der Waals surface area contributed by atoms with Gasteiger partial charge in [0.1, 0.15) is 34.9 Å². The molecule has 0 spiro atoms. The van der Waals surface area contributed by atoms with Crippen LogP contribution >= 0.6 is 0 Å². The van der Waals surface area contributed by atoms with Gasteiger partial charge in [0.15, 0.2) is 0 Å². The Morgan fingerprint density at radius 1 is 1.33 bits per heavy atom. The lowest BCUT2D eigenvalue weighted by Gasteiger charge is -2.09. The predicted octanol–water partition coefficient (Wildman–Crippen LogP) is 2.71. The zero-order valence-electron chi connectivity index (χ0n) is 10.2. The van der Waals surface area contributed by atoms with Crippen LogP contribution in [0.25, 0.3) is 0 Å². The number of carboxylic acids is 1. The molecule has 0 aliphatic carbocycles. The van der Waals surface area contributed by atoms with Gasteiger partial charge in [-0.05, 0) is 12.1 Å². The molecular formula is C12H7F2N3O4. The molecule has 0 amide bonds. The number of nitrogens with one attached hydrogen (secondary N) is 1. The number of nitro groups is 1. The minimum absolute atomic E-state index is 0.405. The van der Waals surface area contributed by atoms with Crippen LogP contribution in [0.3, 0.4) is 0 Å². The van der Waals surface area contributed by atoms with Crippen molar-refractivity contribution < 1.29 is 23.6 Å². The van der Waals surface area contributed by atoms with Gasteiger partial charge in [0.2, 0.25) is 0 Å². The van der Waals surface area contributed by atoms with E-state index in [1.54, 1.807) is 0 Å². The van der Waals surface area contributed by atoms with Crippen molar-refractivity contribution in [2.24, 2.45) is 0 Å². The van der Waals surface area contributed by atoms with Gasteiger partial charge in [0.25, 0.3) is 5.69 Å². The van der Waals surface area contributed by atoms with Crippen molar-refractivity contribution >= 4 is 23.2 Å². The van der Waals surface area contributed by atoms with E-state index < -0.39 is 45.3 Å². The minimum Gasteiger partial charge on any atom is -0.478 e. The largest absolute Gasteiger partial charge is 0.478 e. The fourth-order valence-corrected chi connectivity index (χ4v) is 1.55. The van der Waals surface area contributed by atoms with Gasteiger partial charge in [-0.15, -0.1) is 0 Å². The van der Waals surface area contributed by atoms with Crippen LogP contribution in [0.2, 0.25) is 0 Å². The van der Waals surface area contributed by atoms with Crippen molar-refractivity contribution in [3.05, 3.63) is 57.8 Å². The van der Waals surface area contributed by atoms with Crippen LogP contribution in [-0.2, 0) is 0 Å². The van der Waals surface area contributed by atoms with Gasteiger partial charge >= 0.3 is 5.97 Å². The average molecular weight is 295 g/mol. The first-order valence-electron chi connectivity index (χ1n) is 5.49. The van der Waals surface area contributed by atoms with E-state index in [4.69, 9.17) is 5.11 Å². The normalized spacial score (nSPS) is 10.2. The lowest BCUT2D eigenvalue weighted by Crippen LogP contribution is -2.08. The van der Waals surface area contributed by atoms with Gasteiger partial charge in [0.05, 0.1) is 4.92 Å². The van der Waals surface area contributed by atoms with Gasteiger partial charge in [-0.25, -0.2) is 18.6 Å². The molecule has 108 valence electrons. The maximum absolute atomic E-state index is 13.5. The number of para-hydroxylation sites is 1. The van der Waals surface area contributed by atoms with E-state index in [-0.39, 0.29) is 0 Å². The van der Waals surface area contributed by atoms with Crippen LogP contribution < -0.4 is 5.32 Å². The minimum atomic E-state index is -1.52. The summed E-state index contributed by atoms with van der Waals surface area (Å²) in [6.45, 7) is 0. The number of halogens is 2. The number of benzene rings is 1. The molecule has 0 fully saturated rings. The zero-order chi connectivity index (χ0) is 15.6. The molecule has 0 atom stereocenters. The molecule has 0 bridgehead atoms. The fourth-order valence-electron chi connectivity index (χ4n) is 1.55. The monoisotopic (exact) mass is 295 g/mol. The number of rotatable bonds is 4. The summed E-state index contributed by atoms with van der Waals surface area (Å²) < 4.78 is 27.0. The molecule has 2 N–H and O–H groups in total. The first kappa shape index (κ1) is 14.3. The van der Waals surface area contributed by atoms with Crippen LogP contribution in [0.5, 0.6) is 0 Å². The number of anilines is 2. The van der Waals surface area contributed by atoms with E-state index in [9.17, 15) is 23.7 Å². The molecule has 1 heterocycles.